The summed E-state index contributed by atoms with van der Waals surface area (Å²) in [6, 6.07) is 12.4. The molecule has 0 saturated heterocycles. The Morgan fingerprint density at radius 1 is 1.10 bits per heavy atom. The average molecular weight is 431 g/mol. The summed E-state index contributed by atoms with van der Waals surface area (Å²) in [5.74, 6) is 0.150. The molecule has 162 valence electrons. The lowest BCUT2D eigenvalue weighted by molar-refractivity contribution is -0.142. The highest BCUT2D eigenvalue weighted by Crippen LogP contribution is 2.20. The number of benzene rings is 2. The van der Waals surface area contributed by atoms with E-state index in [1.165, 1.54) is 4.90 Å². The second-order valence-corrected chi connectivity index (χ2v) is 8.05. The number of carbonyl (C=O) groups excluding carboxylic acids is 2. The lowest BCUT2D eigenvalue weighted by Gasteiger charge is -2.30. The smallest absolute Gasteiger partial charge is 0.261 e. The predicted molar refractivity (Wildman–Crippen MR) is 121 cm³/mol. The molecule has 6 heteroatoms. The first-order valence-electron chi connectivity index (χ1n) is 10.3. The summed E-state index contributed by atoms with van der Waals surface area (Å²) in [6.45, 7) is 9.75. The first-order chi connectivity index (χ1) is 14.2. The summed E-state index contributed by atoms with van der Waals surface area (Å²) < 4.78 is 5.73. The molecular weight excluding hydrogens is 400 g/mol. The number of ether oxygens (including phenoxy) is 1. The van der Waals surface area contributed by atoms with Crippen molar-refractivity contribution in [2.24, 2.45) is 0 Å². The third-order valence-corrected chi connectivity index (χ3v) is 5.68. The van der Waals surface area contributed by atoms with Gasteiger partial charge in [0.1, 0.15) is 11.8 Å². The summed E-state index contributed by atoms with van der Waals surface area (Å²) in [5, 5.41) is 3.50. The molecule has 2 amide bonds. The number of carbonyl (C=O) groups is 2. The van der Waals surface area contributed by atoms with Gasteiger partial charge in [-0.25, -0.2) is 0 Å². The van der Waals surface area contributed by atoms with E-state index in [-0.39, 0.29) is 31.0 Å². The average Bonchev–Trinajstić information content (AvgIpc) is 2.73. The van der Waals surface area contributed by atoms with E-state index in [0.717, 1.165) is 23.1 Å². The van der Waals surface area contributed by atoms with Crippen LogP contribution in [-0.2, 0) is 16.1 Å². The zero-order chi connectivity index (χ0) is 22.3. The van der Waals surface area contributed by atoms with Crippen LogP contribution in [0.5, 0.6) is 5.75 Å². The van der Waals surface area contributed by atoms with Gasteiger partial charge in [0, 0.05) is 17.6 Å². The van der Waals surface area contributed by atoms with Crippen molar-refractivity contribution in [3.05, 3.63) is 64.2 Å². The molecule has 0 spiro atoms. The maximum atomic E-state index is 13.1. The van der Waals surface area contributed by atoms with Crippen LogP contribution in [0.25, 0.3) is 0 Å². The van der Waals surface area contributed by atoms with Crippen LogP contribution >= 0.6 is 11.6 Å². The minimum absolute atomic E-state index is 0.0315. The van der Waals surface area contributed by atoms with Gasteiger partial charge in [0.05, 0.1) is 0 Å². The number of aryl methyl sites for hydroxylation is 2. The van der Waals surface area contributed by atoms with E-state index in [1.807, 2.05) is 64.1 Å². The van der Waals surface area contributed by atoms with Gasteiger partial charge in [0.15, 0.2) is 6.61 Å². The second kappa shape index (κ2) is 11.0. The molecule has 0 aliphatic carbocycles. The number of rotatable bonds is 9. The zero-order valence-corrected chi connectivity index (χ0v) is 19.1. The van der Waals surface area contributed by atoms with Crippen molar-refractivity contribution in [1.82, 2.24) is 10.2 Å². The standard InChI is InChI=1S/C24H31ClN2O3/c1-6-18(4)26-24(29)19(5)27(14-20-9-7-8-10-22(20)25)23(28)15-30-21-12-11-16(2)17(3)13-21/h7-13,18-19H,6,14-15H2,1-5H3,(H,26,29)/t18-,19+/m0/s1. The van der Waals surface area contributed by atoms with Crippen molar-refractivity contribution in [2.45, 2.75) is 59.7 Å². The Morgan fingerprint density at radius 3 is 2.43 bits per heavy atom. The van der Waals surface area contributed by atoms with Gasteiger partial charge < -0.3 is 15.0 Å². The molecule has 2 aromatic carbocycles. The van der Waals surface area contributed by atoms with E-state index < -0.39 is 6.04 Å². The van der Waals surface area contributed by atoms with Gasteiger partial charge in [-0.1, -0.05) is 42.8 Å². The fourth-order valence-corrected chi connectivity index (χ4v) is 3.09. The van der Waals surface area contributed by atoms with Crippen LogP contribution in [0, 0.1) is 13.8 Å². The van der Waals surface area contributed by atoms with Crippen molar-refractivity contribution in [2.75, 3.05) is 6.61 Å². The van der Waals surface area contributed by atoms with E-state index >= 15 is 0 Å². The summed E-state index contributed by atoms with van der Waals surface area (Å²) in [6.07, 6.45) is 0.812. The lowest BCUT2D eigenvalue weighted by atomic mass is 10.1. The number of amides is 2. The maximum Gasteiger partial charge on any atom is 0.261 e. The predicted octanol–water partition coefficient (Wildman–Crippen LogP) is 4.67. The van der Waals surface area contributed by atoms with Crippen molar-refractivity contribution in [1.29, 1.82) is 0 Å². The van der Waals surface area contributed by atoms with Gasteiger partial charge >= 0.3 is 0 Å². The Balaban J connectivity index is 2.18. The molecule has 0 aliphatic heterocycles. The molecule has 0 bridgehead atoms. The topological polar surface area (TPSA) is 58.6 Å². The van der Waals surface area contributed by atoms with Crippen LogP contribution in [0.1, 0.15) is 43.9 Å². The monoisotopic (exact) mass is 430 g/mol. The first kappa shape index (κ1) is 23.7. The molecule has 0 aromatic heterocycles. The third kappa shape index (κ3) is 6.49. The quantitative estimate of drug-likeness (QED) is 0.629. The van der Waals surface area contributed by atoms with Crippen LogP contribution in [-0.4, -0.2) is 35.4 Å². The van der Waals surface area contributed by atoms with E-state index in [0.29, 0.717) is 10.8 Å². The van der Waals surface area contributed by atoms with Gasteiger partial charge in [-0.05, 0) is 69.0 Å². The molecule has 0 heterocycles. The molecule has 2 rings (SSSR count). The van der Waals surface area contributed by atoms with Crippen LogP contribution < -0.4 is 10.1 Å². The summed E-state index contributed by atoms with van der Waals surface area (Å²) in [5.41, 5.74) is 3.03. The molecule has 2 atom stereocenters. The first-order valence-corrected chi connectivity index (χ1v) is 10.6. The number of nitrogens with zero attached hydrogens (tertiary/aromatic N) is 1. The highest BCUT2D eigenvalue weighted by Gasteiger charge is 2.27. The molecular formula is C24H31ClN2O3. The Labute approximate surface area is 184 Å². The van der Waals surface area contributed by atoms with Crippen LogP contribution in [0.15, 0.2) is 42.5 Å². The van der Waals surface area contributed by atoms with E-state index in [2.05, 4.69) is 5.32 Å². The molecule has 0 unspecified atom stereocenters. The molecule has 0 fully saturated rings. The van der Waals surface area contributed by atoms with Gasteiger partial charge in [0.25, 0.3) is 5.91 Å². The van der Waals surface area contributed by atoms with E-state index in [1.54, 1.807) is 13.0 Å². The summed E-state index contributed by atoms with van der Waals surface area (Å²) in [7, 11) is 0. The van der Waals surface area contributed by atoms with Gasteiger partial charge in [0.2, 0.25) is 5.91 Å². The molecule has 0 radical (unpaired) electrons. The highest BCUT2D eigenvalue weighted by atomic mass is 35.5. The number of nitrogens with one attached hydrogen (secondary N) is 1. The highest BCUT2D eigenvalue weighted by molar-refractivity contribution is 6.31. The van der Waals surface area contributed by atoms with Crippen LogP contribution in [0.2, 0.25) is 5.02 Å². The van der Waals surface area contributed by atoms with Crippen LogP contribution in [0.4, 0.5) is 0 Å². The normalized spacial score (nSPS) is 12.7. The molecule has 2 aromatic rings. The maximum absolute atomic E-state index is 13.1. The third-order valence-electron chi connectivity index (χ3n) is 5.31. The summed E-state index contributed by atoms with van der Waals surface area (Å²) in [4.78, 5) is 27.3. The number of hydrogen-bond acceptors (Lipinski definition) is 3. The molecule has 0 aliphatic rings. The minimum atomic E-state index is -0.661. The second-order valence-electron chi connectivity index (χ2n) is 7.64. The molecule has 5 nitrogen and oxygen atoms in total. The Hall–Kier alpha value is -2.53. The van der Waals surface area contributed by atoms with Gasteiger partial charge in [-0.2, -0.15) is 0 Å². The molecule has 30 heavy (non-hydrogen) atoms. The Kier molecular flexibility index (Phi) is 8.72. The van der Waals surface area contributed by atoms with E-state index in [9.17, 15) is 9.59 Å². The van der Waals surface area contributed by atoms with Crippen molar-refractivity contribution in [3.63, 3.8) is 0 Å². The Morgan fingerprint density at radius 2 is 1.80 bits per heavy atom. The van der Waals surface area contributed by atoms with E-state index in [4.69, 9.17) is 16.3 Å². The minimum Gasteiger partial charge on any atom is -0.484 e. The fourth-order valence-electron chi connectivity index (χ4n) is 2.89. The SMILES string of the molecule is CC[C@H](C)NC(=O)[C@@H](C)N(Cc1ccccc1Cl)C(=O)COc1ccc(C)c(C)c1. The fraction of sp³-hybridized carbons (Fsp3) is 0.417. The zero-order valence-electron chi connectivity index (χ0n) is 18.4. The van der Waals surface area contributed by atoms with Crippen LogP contribution in [0.3, 0.4) is 0 Å². The molecule has 0 saturated carbocycles. The largest absolute Gasteiger partial charge is 0.484 e. The number of hydrogen-bond donors (Lipinski definition) is 1. The Bertz CT molecular complexity index is 885. The van der Waals surface area contributed by atoms with Gasteiger partial charge in [-0.3, -0.25) is 9.59 Å². The van der Waals surface area contributed by atoms with Gasteiger partial charge in [-0.15, -0.1) is 0 Å². The van der Waals surface area contributed by atoms with Crippen molar-refractivity contribution >= 4 is 23.4 Å². The van der Waals surface area contributed by atoms with Crippen molar-refractivity contribution < 1.29 is 14.3 Å². The number of halogens is 1. The van der Waals surface area contributed by atoms with Crippen molar-refractivity contribution in [3.8, 4) is 5.75 Å². The lowest BCUT2D eigenvalue weighted by Crippen LogP contribution is -2.50. The molecule has 1 N–H and O–H groups in total. The summed E-state index contributed by atoms with van der Waals surface area (Å²) >= 11 is 6.30.